The van der Waals surface area contributed by atoms with Crippen LogP contribution in [0, 0.1) is 0 Å². The van der Waals surface area contributed by atoms with Crippen molar-refractivity contribution in [3.63, 3.8) is 0 Å². The molecule has 2 N–H and O–H groups in total. The van der Waals surface area contributed by atoms with Crippen molar-refractivity contribution in [2.75, 3.05) is 19.6 Å². The van der Waals surface area contributed by atoms with Gasteiger partial charge in [-0.1, -0.05) is 0 Å². The summed E-state index contributed by atoms with van der Waals surface area (Å²) in [4.78, 5) is 37.8. The first kappa shape index (κ1) is 19.2. The van der Waals surface area contributed by atoms with Gasteiger partial charge in [0.1, 0.15) is 11.2 Å². The number of hydrogen-bond acceptors (Lipinski definition) is 6. The Labute approximate surface area is 136 Å². The van der Waals surface area contributed by atoms with Crippen molar-refractivity contribution in [2.45, 2.75) is 58.3 Å². The number of nitrogens with one attached hydrogen (secondary N) is 1. The largest absolute Gasteiger partial charge is 0.465 e. The van der Waals surface area contributed by atoms with Gasteiger partial charge in [-0.3, -0.25) is 4.90 Å². The van der Waals surface area contributed by atoms with Gasteiger partial charge in [0.2, 0.25) is 0 Å². The minimum absolute atomic E-state index is 0.0200. The van der Waals surface area contributed by atoms with Gasteiger partial charge in [-0.05, 0) is 41.5 Å². The first-order valence-corrected chi connectivity index (χ1v) is 7.48. The van der Waals surface area contributed by atoms with Crippen LogP contribution in [-0.2, 0) is 19.1 Å². The fourth-order valence-electron chi connectivity index (χ4n) is 2.18. The fourth-order valence-corrected chi connectivity index (χ4v) is 2.18. The molecular weight excluding hydrogens is 304 g/mol. The zero-order valence-corrected chi connectivity index (χ0v) is 14.6. The van der Waals surface area contributed by atoms with Crippen molar-refractivity contribution in [1.29, 1.82) is 0 Å². The summed E-state index contributed by atoms with van der Waals surface area (Å²) in [6.07, 6.45) is -1.37. The van der Waals surface area contributed by atoms with E-state index in [4.69, 9.17) is 9.47 Å². The summed E-state index contributed by atoms with van der Waals surface area (Å²) in [5.41, 5.74) is -3.79. The molecule has 0 atom stereocenters. The number of rotatable bonds is 2. The molecule has 1 rings (SSSR count). The highest BCUT2D eigenvalue weighted by Gasteiger charge is 2.58. The molecule has 0 bridgehead atoms. The first-order valence-electron chi connectivity index (χ1n) is 7.48. The number of piperazine rings is 1. The maximum atomic E-state index is 12.7. The Hall–Kier alpha value is -1.83. The molecule has 0 aromatic rings. The Morgan fingerprint density at radius 3 is 1.78 bits per heavy atom. The second-order valence-corrected chi connectivity index (χ2v) is 7.48. The van der Waals surface area contributed by atoms with E-state index in [1.165, 1.54) is 0 Å². The lowest BCUT2D eigenvalue weighted by Crippen LogP contribution is -2.72. The Balaban J connectivity index is 3.31. The number of nitrogens with zero attached hydrogens (tertiary/aromatic N) is 1. The van der Waals surface area contributed by atoms with Gasteiger partial charge in [-0.25, -0.2) is 14.4 Å². The second-order valence-electron chi connectivity index (χ2n) is 7.48. The van der Waals surface area contributed by atoms with Crippen molar-refractivity contribution < 1.29 is 29.0 Å². The summed E-state index contributed by atoms with van der Waals surface area (Å²) in [6, 6.07) is 0. The Bertz CT molecular complexity index is 461. The second kappa shape index (κ2) is 6.35. The molecule has 0 spiro atoms. The summed E-state index contributed by atoms with van der Waals surface area (Å²) in [5, 5.41) is 12.3. The lowest BCUT2D eigenvalue weighted by molar-refractivity contribution is -0.187. The third-order valence-corrected chi connectivity index (χ3v) is 3.06. The van der Waals surface area contributed by atoms with E-state index in [2.05, 4.69) is 5.32 Å². The molecule has 0 aromatic carbocycles. The molecule has 8 nitrogen and oxygen atoms in total. The molecule has 0 saturated carbocycles. The molecule has 0 radical (unpaired) electrons. The van der Waals surface area contributed by atoms with Crippen LogP contribution in [0.15, 0.2) is 0 Å². The molecule has 1 heterocycles. The minimum Gasteiger partial charge on any atom is -0.465 e. The first-order chi connectivity index (χ1) is 10.3. The number of esters is 2. The molecule has 23 heavy (non-hydrogen) atoms. The molecule has 1 fully saturated rings. The molecule has 8 heteroatoms. The molecule has 1 amide bonds. The summed E-state index contributed by atoms with van der Waals surface area (Å²) >= 11 is 0. The number of ether oxygens (including phenoxy) is 2. The third kappa shape index (κ3) is 4.57. The minimum atomic E-state index is -2.05. The SMILES string of the molecule is CC(C)(C)OC(=O)C1(C(=O)OC(C)(C)C)CNCCN1C(=O)O. The topological polar surface area (TPSA) is 105 Å². The summed E-state index contributed by atoms with van der Waals surface area (Å²) in [6.45, 7) is 10.0. The standard InChI is InChI=1S/C15H26N2O6/c1-13(2,3)22-10(18)15(11(19)23-14(4,5)6)9-16-7-8-17(15)12(20)21/h16H,7-9H2,1-6H3,(H,20,21). The zero-order valence-electron chi connectivity index (χ0n) is 14.6. The fraction of sp³-hybridized carbons (Fsp3) is 0.800. The van der Waals surface area contributed by atoms with E-state index < -0.39 is 34.8 Å². The molecule has 132 valence electrons. The smallest absolute Gasteiger partial charge is 0.408 e. The summed E-state index contributed by atoms with van der Waals surface area (Å²) in [7, 11) is 0. The maximum absolute atomic E-state index is 12.7. The average molecular weight is 330 g/mol. The molecular formula is C15H26N2O6. The lowest BCUT2D eigenvalue weighted by atomic mass is 9.94. The number of carbonyl (C=O) groups excluding carboxylic acids is 2. The predicted octanol–water partition coefficient (Wildman–Crippen LogP) is 0.992. The van der Waals surface area contributed by atoms with Gasteiger partial charge in [-0.2, -0.15) is 0 Å². The van der Waals surface area contributed by atoms with Crippen LogP contribution in [0.3, 0.4) is 0 Å². The Kier molecular flexibility index (Phi) is 5.30. The quantitative estimate of drug-likeness (QED) is 0.574. The van der Waals surface area contributed by atoms with Crippen LogP contribution in [0.25, 0.3) is 0 Å². The molecule has 0 aliphatic carbocycles. The van der Waals surface area contributed by atoms with Crippen LogP contribution >= 0.6 is 0 Å². The summed E-state index contributed by atoms with van der Waals surface area (Å²) in [5.74, 6) is -1.87. The Morgan fingerprint density at radius 1 is 1.00 bits per heavy atom. The van der Waals surface area contributed by atoms with Crippen LogP contribution in [0.2, 0.25) is 0 Å². The van der Waals surface area contributed by atoms with Crippen molar-refractivity contribution in [3.8, 4) is 0 Å². The van der Waals surface area contributed by atoms with Crippen LogP contribution in [0.1, 0.15) is 41.5 Å². The van der Waals surface area contributed by atoms with Gasteiger partial charge in [0, 0.05) is 19.6 Å². The van der Waals surface area contributed by atoms with Crippen molar-refractivity contribution in [2.24, 2.45) is 0 Å². The van der Waals surface area contributed by atoms with E-state index in [-0.39, 0.29) is 13.1 Å². The predicted molar refractivity (Wildman–Crippen MR) is 82.0 cm³/mol. The van der Waals surface area contributed by atoms with E-state index in [1.54, 1.807) is 41.5 Å². The zero-order chi connectivity index (χ0) is 18.1. The van der Waals surface area contributed by atoms with Crippen LogP contribution in [0.5, 0.6) is 0 Å². The van der Waals surface area contributed by atoms with Crippen molar-refractivity contribution >= 4 is 18.0 Å². The van der Waals surface area contributed by atoms with E-state index in [1.807, 2.05) is 0 Å². The van der Waals surface area contributed by atoms with Crippen LogP contribution in [-0.4, -0.2) is 64.4 Å². The highest BCUT2D eigenvalue weighted by Crippen LogP contribution is 2.27. The van der Waals surface area contributed by atoms with E-state index in [0.29, 0.717) is 6.54 Å². The highest BCUT2D eigenvalue weighted by molar-refractivity contribution is 6.08. The number of carbonyl (C=O) groups is 3. The van der Waals surface area contributed by atoms with Gasteiger partial charge >= 0.3 is 18.0 Å². The van der Waals surface area contributed by atoms with Gasteiger partial charge < -0.3 is 19.9 Å². The van der Waals surface area contributed by atoms with E-state index in [9.17, 15) is 19.5 Å². The maximum Gasteiger partial charge on any atom is 0.408 e. The number of amides is 1. The van der Waals surface area contributed by atoms with E-state index >= 15 is 0 Å². The van der Waals surface area contributed by atoms with Gasteiger partial charge in [-0.15, -0.1) is 0 Å². The third-order valence-electron chi connectivity index (χ3n) is 3.06. The average Bonchev–Trinajstić information content (AvgIpc) is 2.34. The Morgan fingerprint density at radius 2 is 1.43 bits per heavy atom. The molecule has 1 aliphatic heterocycles. The lowest BCUT2D eigenvalue weighted by Gasteiger charge is -2.43. The normalized spacial score (nSPS) is 18.3. The van der Waals surface area contributed by atoms with Crippen LogP contribution in [0.4, 0.5) is 4.79 Å². The van der Waals surface area contributed by atoms with Gasteiger partial charge in [0.25, 0.3) is 5.54 Å². The number of hydrogen-bond donors (Lipinski definition) is 2. The van der Waals surface area contributed by atoms with E-state index in [0.717, 1.165) is 4.90 Å². The van der Waals surface area contributed by atoms with Crippen LogP contribution < -0.4 is 5.32 Å². The monoisotopic (exact) mass is 330 g/mol. The number of carboxylic acid groups (broad SMARTS) is 1. The van der Waals surface area contributed by atoms with Gasteiger partial charge in [0.05, 0.1) is 0 Å². The summed E-state index contributed by atoms with van der Waals surface area (Å²) < 4.78 is 10.6. The molecule has 1 saturated heterocycles. The van der Waals surface area contributed by atoms with Crippen molar-refractivity contribution in [1.82, 2.24) is 10.2 Å². The highest BCUT2D eigenvalue weighted by atomic mass is 16.6. The van der Waals surface area contributed by atoms with Gasteiger partial charge in [0.15, 0.2) is 0 Å². The molecule has 0 unspecified atom stereocenters. The molecule has 1 aliphatic rings. The molecule has 0 aromatic heterocycles. The van der Waals surface area contributed by atoms with Crippen molar-refractivity contribution in [3.05, 3.63) is 0 Å².